The van der Waals surface area contributed by atoms with Gasteiger partial charge in [-0.1, -0.05) is 32.4 Å². The number of esters is 1. The molecule has 0 spiro atoms. The summed E-state index contributed by atoms with van der Waals surface area (Å²) in [5.74, 6) is -0.0224. The lowest BCUT2D eigenvalue weighted by molar-refractivity contribution is -0.154. The van der Waals surface area contributed by atoms with Crippen LogP contribution in [0, 0.1) is 5.92 Å². The third-order valence-electron chi connectivity index (χ3n) is 4.63. The fourth-order valence-electron chi connectivity index (χ4n) is 3.29. The molecule has 6 nitrogen and oxygen atoms in total. The van der Waals surface area contributed by atoms with Crippen LogP contribution in [0.4, 0.5) is 0 Å². The molecule has 0 fully saturated rings. The molecule has 0 aliphatic carbocycles. The quantitative estimate of drug-likeness (QED) is 0.438. The van der Waals surface area contributed by atoms with E-state index >= 15 is 0 Å². The first kappa shape index (κ1) is 23.1. The van der Waals surface area contributed by atoms with Gasteiger partial charge in [0, 0.05) is 27.1 Å². The topological polar surface area (TPSA) is 74.2 Å². The van der Waals surface area contributed by atoms with Crippen molar-refractivity contribution >= 4 is 5.97 Å². The first-order valence-electron chi connectivity index (χ1n) is 9.65. The van der Waals surface area contributed by atoms with Crippen molar-refractivity contribution in [3.63, 3.8) is 0 Å². The second-order valence-electron chi connectivity index (χ2n) is 7.16. The fourth-order valence-corrected chi connectivity index (χ4v) is 3.29. The van der Waals surface area contributed by atoms with Gasteiger partial charge < -0.3 is 24.1 Å². The van der Waals surface area contributed by atoms with Crippen LogP contribution in [-0.2, 0) is 23.7 Å². The molecule has 5 atom stereocenters. The lowest BCUT2D eigenvalue weighted by atomic mass is 9.96. The smallest absolute Gasteiger partial charge is 0.308 e. The number of hydrogen-bond donors (Lipinski definition) is 1. The van der Waals surface area contributed by atoms with Gasteiger partial charge in [-0.25, -0.2) is 0 Å². The van der Waals surface area contributed by atoms with E-state index < -0.39 is 6.10 Å². The molecular weight excluding hydrogens is 336 g/mol. The van der Waals surface area contributed by atoms with Crippen LogP contribution in [0.15, 0.2) is 12.2 Å². The zero-order valence-electron chi connectivity index (χ0n) is 16.7. The highest BCUT2D eigenvalue weighted by Crippen LogP contribution is 2.21. The summed E-state index contributed by atoms with van der Waals surface area (Å²) < 4.78 is 21.8. The van der Waals surface area contributed by atoms with E-state index in [1.807, 2.05) is 0 Å². The Morgan fingerprint density at radius 2 is 2.00 bits per heavy atom. The Labute approximate surface area is 157 Å². The molecule has 1 rings (SSSR count). The maximum absolute atomic E-state index is 12.2. The lowest BCUT2D eigenvalue weighted by Crippen LogP contribution is -2.29. The summed E-state index contributed by atoms with van der Waals surface area (Å²) in [4.78, 5) is 12.2. The van der Waals surface area contributed by atoms with Crippen LogP contribution in [0.3, 0.4) is 0 Å². The van der Waals surface area contributed by atoms with Gasteiger partial charge in [-0.15, -0.1) is 0 Å². The van der Waals surface area contributed by atoms with Gasteiger partial charge in [0.05, 0.1) is 24.7 Å². The normalized spacial score (nSPS) is 33.3. The highest BCUT2D eigenvalue weighted by Gasteiger charge is 2.24. The highest BCUT2D eigenvalue weighted by molar-refractivity contribution is 5.70. The molecule has 0 radical (unpaired) electrons. The van der Waals surface area contributed by atoms with Gasteiger partial charge >= 0.3 is 5.97 Å². The number of rotatable bonds is 6. The molecule has 1 N–H and O–H groups in total. The van der Waals surface area contributed by atoms with Gasteiger partial charge in [0.1, 0.15) is 12.9 Å². The van der Waals surface area contributed by atoms with Crippen LogP contribution in [0.25, 0.3) is 0 Å². The summed E-state index contributed by atoms with van der Waals surface area (Å²) in [6, 6.07) is 0. The maximum Gasteiger partial charge on any atom is 0.308 e. The van der Waals surface area contributed by atoms with E-state index in [-0.39, 0.29) is 37.5 Å². The highest BCUT2D eigenvalue weighted by atomic mass is 16.7. The average molecular weight is 373 g/mol. The number of ether oxygens (including phenoxy) is 4. The van der Waals surface area contributed by atoms with Crippen molar-refractivity contribution in [3.05, 3.63) is 12.2 Å². The molecule has 0 saturated heterocycles. The molecular formula is C20H36O6. The minimum absolute atomic E-state index is 0.0230. The first-order chi connectivity index (χ1) is 12.5. The monoisotopic (exact) mass is 372 g/mol. The van der Waals surface area contributed by atoms with Gasteiger partial charge in [0.25, 0.3) is 0 Å². The number of methoxy groups -OCH3 is 2. The summed E-state index contributed by atoms with van der Waals surface area (Å²) in [7, 11) is 3.26. The Morgan fingerprint density at radius 3 is 2.65 bits per heavy atom. The fraction of sp³-hybridized carbons (Fsp3) is 0.850. The molecule has 0 unspecified atom stereocenters. The predicted octanol–water partition coefficient (Wildman–Crippen LogP) is 3.22. The van der Waals surface area contributed by atoms with Crippen LogP contribution < -0.4 is 0 Å². The third-order valence-corrected chi connectivity index (χ3v) is 4.63. The minimum atomic E-state index is -0.793. The first-order valence-corrected chi connectivity index (χ1v) is 9.65. The van der Waals surface area contributed by atoms with Crippen LogP contribution >= 0.6 is 0 Å². The summed E-state index contributed by atoms with van der Waals surface area (Å²) >= 11 is 0. The molecule has 6 heteroatoms. The van der Waals surface area contributed by atoms with E-state index in [9.17, 15) is 9.90 Å². The van der Waals surface area contributed by atoms with Crippen molar-refractivity contribution in [2.75, 3.05) is 21.0 Å². The number of cyclic esters (lactones) is 1. The summed E-state index contributed by atoms with van der Waals surface area (Å²) in [5.41, 5.74) is 0. The Hall–Kier alpha value is -0.950. The molecule has 1 aliphatic heterocycles. The van der Waals surface area contributed by atoms with E-state index in [0.717, 1.165) is 19.3 Å². The number of aliphatic hydroxyl groups excluding tert-OH is 1. The molecule has 0 bridgehead atoms. The van der Waals surface area contributed by atoms with Crippen molar-refractivity contribution in [2.24, 2.45) is 5.92 Å². The van der Waals surface area contributed by atoms with Crippen molar-refractivity contribution in [2.45, 2.75) is 83.2 Å². The molecule has 0 aromatic rings. The van der Waals surface area contributed by atoms with Crippen molar-refractivity contribution < 1.29 is 28.8 Å². The third kappa shape index (κ3) is 9.67. The average Bonchev–Trinajstić information content (AvgIpc) is 2.58. The summed E-state index contributed by atoms with van der Waals surface area (Å²) in [5, 5.41) is 10.3. The van der Waals surface area contributed by atoms with Gasteiger partial charge in [-0.3, -0.25) is 4.79 Å². The van der Waals surface area contributed by atoms with Crippen LogP contribution in [0.1, 0.15) is 58.8 Å². The zero-order chi connectivity index (χ0) is 19.4. The second-order valence-corrected chi connectivity index (χ2v) is 7.16. The predicted molar refractivity (Wildman–Crippen MR) is 99.7 cm³/mol. The molecule has 1 heterocycles. The summed E-state index contributed by atoms with van der Waals surface area (Å²) in [6.07, 6.45) is 7.40. The van der Waals surface area contributed by atoms with E-state index in [4.69, 9.17) is 18.9 Å². The van der Waals surface area contributed by atoms with E-state index in [2.05, 4.69) is 26.0 Å². The molecule has 0 saturated carbocycles. The maximum atomic E-state index is 12.2. The molecule has 26 heavy (non-hydrogen) atoms. The Kier molecular flexibility index (Phi) is 11.8. The largest absolute Gasteiger partial charge is 0.462 e. The summed E-state index contributed by atoms with van der Waals surface area (Å²) in [6.45, 7) is 4.38. The minimum Gasteiger partial charge on any atom is -0.462 e. The Balaban J connectivity index is 2.85. The molecule has 1 aliphatic rings. The molecule has 0 aromatic carbocycles. The van der Waals surface area contributed by atoms with Crippen LogP contribution in [0.5, 0.6) is 0 Å². The number of allylic oxidation sites excluding steroid dienone is 1. The lowest BCUT2D eigenvalue weighted by Gasteiger charge is -2.25. The van der Waals surface area contributed by atoms with Gasteiger partial charge in [-0.05, 0) is 25.2 Å². The number of carbonyl (C=O) groups excluding carboxylic acids is 1. The SMILES string of the molecule is CCC[C@H]1C[C@@H](OC)C[C@H](C)/C=C/C[C@@H](OCOC)C[C@@H](O)CC(=O)O1. The second kappa shape index (κ2) is 13.3. The Bertz CT molecular complexity index is 411. The number of carbonyl (C=O) groups is 1. The molecule has 0 amide bonds. The van der Waals surface area contributed by atoms with Crippen LogP contribution in [0.2, 0.25) is 0 Å². The number of hydrogen-bond acceptors (Lipinski definition) is 6. The van der Waals surface area contributed by atoms with E-state index in [1.54, 1.807) is 14.2 Å². The number of aliphatic hydroxyl groups is 1. The van der Waals surface area contributed by atoms with E-state index in [1.165, 1.54) is 0 Å². The Morgan fingerprint density at radius 1 is 1.23 bits per heavy atom. The van der Waals surface area contributed by atoms with Crippen LogP contribution in [-0.4, -0.2) is 56.5 Å². The molecule has 0 aromatic heterocycles. The van der Waals surface area contributed by atoms with Crippen molar-refractivity contribution in [1.82, 2.24) is 0 Å². The zero-order valence-corrected chi connectivity index (χ0v) is 16.7. The van der Waals surface area contributed by atoms with E-state index in [0.29, 0.717) is 25.2 Å². The standard InChI is InChI=1S/C20H36O6/c1-5-7-18-13-19(24-4)10-15(2)8-6-9-17(25-14-23-3)11-16(21)12-20(22)26-18/h6,8,15-19,21H,5,7,9-14H2,1-4H3/b8-6+/t15-,16-,17-,18+,19+/m1/s1. The van der Waals surface area contributed by atoms with Gasteiger partial charge in [0.2, 0.25) is 0 Å². The molecule has 152 valence electrons. The van der Waals surface area contributed by atoms with Gasteiger partial charge in [-0.2, -0.15) is 0 Å². The van der Waals surface area contributed by atoms with Gasteiger partial charge in [0.15, 0.2) is 0 Å². The van der Waals surface area contributed by atoms with Crippen molar-refractivity contribution in [1.29, 1.82) is 0 Å². The van der Waals surface area contributed by atoms with Crippen molar-refractivity contribution in [3.8, 4) is 0 Å².